The molecule has 5 nitrogen and oxygen atoms in total. The number of thioether (sulfide) groups is 1. The van der Waals surface area contributed by atoms with Crippen LogP contribution in [0.4, 0.5) is 0 Å². The van der Waals surface area contributed by atoms with Crippen LogP contribution in [0.25, 0.3) is 0 Å². The molecule has 0 radical (unpaired) electrons. The van der Waals surface area contributed by atoms with E-state index in [1.54, 1.807) is 26.8 Å². The summed E-state index contributed by atoms with van der Waals surface area (Å²) < 4.78 is 9.98. The Bertz CT molecular complexity index is 732. The van der Waals surface area contributed by atoms with Gasteiger partial charge in [-0.3, -0.25) is 9.59 Å². The zero-order chi connectivity index (χ0) is 19.4. The lowest BCUT2D eigenvalue weighted by molar-refractivity contribution is -0.148. The van der Waals surface area contributed by atoms with Crippen LogP contribution in [0.1, 0.15) is 45.6 Å². The van der Waals surface area contributed by atoms with Gasteiger partial charge >= 0.3 is 11.9 Å². The predicted molar refractivity (Wildman–Crippen MR) is 99.8 cm³/mol. The van der Waals surface area contributed by atoms with E-state index in [0.717, 1.165) is 10.5 Å². The highest BCUT2D eigenvalue weighted by molar-refractivity contribution is 8.14. The summed E-state index contributed by atoms with van der Waals surface area (Å²) in [6.07, 6.45) is 3.81. The van der Waals surface area contributed by atoms with Gasteiger partial charge < -0.3 is 9.47 Å². The fourth-order valence-corrected chi connectivity index (χ4v) is 4.11. The highest BCUT2D eigenvalue weighted by atomic mass is 32.2. The highest BCUT2D eigenvalue weighted by Gasteiger charge is 2.46. The molecular weight excluding hydrogens is 352 g/mol. The Balaban J connectivity index is 2.24. The molecule has 1 atom stereocenters. The summed E-state index contributed by atoms with van der Waals surface area (Å²) in [6.45, 7) is 5.39. The van der Waals surface area contributed by atoms with Crippen molar-refractivity contribution < 1.29 is 23.9 Å². The Morgan fingerprint density at radius 1 is 1.23 bits per heavy atom. The minimum Gasteiger partial charge on any atom is -0.469 e. The lowest BCUT2D eigenvalue weighted by Crippen LogP contribution is -2.31. The predicted octanol–water partition coefficient (Wildman–Crippen LogP) is 3.80. The zero-order valence-electron chi connectivity index (χ0n) is 15.5. The number of fused-ring (bicyclic) bond motifs is 1. The summed E-state index contributed by atoms with van der Waals surface area (Å²) >= 11 is 1.19. The van der Waals surface area contributed by atoms with Gasteiger partial charge in [0, 0.05) is 17.4 Å². The van der Waals surface area contributed by atoms with Crippen LogP contribution in [-0.4, -0.2) is 29.8 Å². The minimum absolute atomic E-state index is 0.0172. The van der Waals surface area contributed by atoms with Crippen molar-refractivity contribution in [3.05, 3.63) is 42.0 Å². The second-order valence-corrected chi connectivity index (χ2v) is 8.20. The molecule has 140 valence electrons. The molecule has 0 unspecified atom stereocenters. The highest BCUT2D eigenvalue weighted by Crippen LogP contribution is 2.50. The van der Waals surface area contributed by atoms with E-state index < -0.39 is 17.0 Å². The summed E-state index contributed by atoms with van der Waals surface area (Å²) in [5.74, 6) is -0.810. The molecule has 0 aromatic heterocycles. The molecule has 1 heterocycles. The smallest absolute Gasteiger partial charge is 0.330 e. The number of esters is 2. The van der Waals surface area contributed by atoms with E-state index >= 15 is 0 Å². The fraction of sp³-hybridized carbons (Fsp3) is 0.450. The second-order valence-electron chi connectivity index (χ2n) is 7.18. The van der Waals surface area contributed by atoms with Crippen LogP contribution in [-0.2, 0) is 29.3 Å². The van der Waals surface area contributed by atoms with Crippen molar-refractivity contribution in [2.45, 2.75) is 55.9 Å². The summed E-state index contributed by atoms with van der Waals surface area (Å²) in [5.41, 5.74) is -0.517. The molecule has 6 heteroatoms. The van der Waals surface area contributed by atoms with Crippen LogP contribution >= 0.6 is 11.8 Å². The fourth-order valence-electron chi connectivity index (χ4n) is 2.90. The molecule has 2 rings (SSSR count). The van der Waals surface area contributed by atoms with Crippen LogP contribution in [0.3, 0.4) is 0 Å². The Kier molecular flexibility index (Phi) is 6.29. The molecule has 0 amide bonds. The number of benzene rings is 1. The van der Waals surface area contributed by atoms with Gasteiger partial charge in [0.2, 0.25) is 5.12 Å². The monoisotopic (exact) mass is 376 g/mol. The summed E-state index contributed by atoms with van der Waals surface area (Å²) in [4.78, 5) is 37.3. The third kappa shape index (κ3) is 4.75. The molecule has 1 aliphatic rings. The number of allylic oxidation sites excluding steroid dienone is 1. The summed E-state index contributed by atoms with van der Waals surface area (Å²) in [5, 5.41) is -0.0172. The first-order chi connectivity index (χ1) is 12.2. The van der Waals surface area contributed by atoms with Crippen molar-refractivity contribution >= 4 is 28.8 Å². The van der Waals surface area contributed by atoms with Gasteiger partial charge in [-0.25, -0.2) is 4.79 Å². The van der Waals surface area contributed by atoms with Gasteiger partial charge in [0.1, 0.15) is 5.60 Å². The maximum absolute atomic E-state index is 12.8. The quantitative estimate of drug-likeness (QED) is 0.556. The first kappa shape index (κ1) is 20.2. The Morgan fingerprint density at radius 3 is 2.58 bits per heavy atom. The zero-order valence-corrected chi connectivity index (χ0v) is 16.4. The topological polar surface area (TPSA) is 69.7 Å². The van der Waals surface area contributed by atoms with Gasteiger partial charge in [-0.05, 0) is 45.2 Å². The Hall–Kier alpha value is -2.08. The molecule has 0 aliphatic carbocycles. The normalized spacial score (nSPS) is 19.5. The van der Waals surface area contributed by atoms with Gasteiger partial charge in [-0.2, -0.15) is 0 Å². The Morgan fingerprint density at radius 2 is 1.92 bits per heavy atom. The number of carbonyl (C=O) groups is 3. The van der Waals surface area contributed by atoms with Crippen LogP contribution in [0.15, 0.2) is 41.3 Å². The number of hydrogen-bond acceptors (Lipinski definition) is 6. The molecule has 0 N–H and O–H groups in total. The lowest BCUT2D eigenvalue weighted by atomic mass is 9.75. The van der Waals surface area contributed by atoms with Crippen molar-refractivity contribution in [1.29, 1.82) is 0 Å². The van der Waals surface area contributed by atoms with Gasteiger partial charge in [0.25, 0.3) is 0 Å². The molecule has 0 bridgehead atoms. The average Bonchev–Trinajstić information content (AvgIpc) is 2.83. The van der Waals surface area contributed by atoms with Crippen LogP contribution in [0.5, 0.6) is 0 Å². The molecule has 0 saturated heterocycles. The molecular formula is C20H24O5S. The maximum atomic E-state index is 12.8. The van der Waals surface area contributed by atoms with Gasteiger partial charge in [0.15, 0.2) is 0 Å². The molecule has 0 fully saturated rings. The van der Waals surface area contributed by atoms with Crippen LogP contribution in [0, 0.1) is 0 Å². The maximum Gasteiger partial charge on any atom is 0.330 e. The van der Waals surface area contributed by atoms with E-state index in [-0.39, 0.29) is 17.5 Å². The van der Waals surface area contributed by atoms with E-state index in [4.69, 9.17) is 9.47 Å². The lowest BCUT2D eigenvalue weighted by Gasteiger charge is -2.26. The minimum atomic E-state index is -0.839. The summed E-state index contributed by atoms with van der Waals surface area (Å²) in [6, 6.07) is 7.57. The van der Waals surface area contributed by atoms with Crippen molar-refractivity contribution in [3.63, 3.8) is 0 Å². The number of rotatable bonds is 6. The van der Waals surface area contributed by atoms with E-state index in [2.05, 4.69) is 0 Å². The first-order valence-electron chi connectivity index (χ1n) is 8.46. The van der Waals surface area contributed by atoms with E-state index in [0.29, 0.717) is 12.8 Å². The number of hydrogen-bond donors (Lipinski definition) is 0. The SMILES string of the molecule is COC(=O)CC[C@]1(C/C=C/C(=O)OC(C)(C)C)C(=O)Sc2ccccc21. The molecule has 0 spiro atoms. The largest absolute Gasteiger partial charge is 0.469 e. The van der Waals surface area contributed by atoms with E-state index in [1.807, 2.05) is 24.3 Å². The number of carbonyl (C=O) groups excluding carboxylic acids is 3. The van der Waals surface area contributed by atoms with Crippen LogP contribution in [0.2, 0.25) is 0 Å². The third-order valence-corrected chi connectivity index (χ3v) is 5.26. The van der Waals surface area contributed by atoms with Gasteiger partial charge in [-0.1, -0.05) is 36.0 Å². The number of methoxy groups -OCH3 is 1. The first-order valence-corrected chi connectivity index (χ1v) is 9.28. The van der Waals surface area contributed by atoms with E-state index in [9.17, 15) is 14.4 Å². The van der Waals surface area contributed by atoms with Crippen LogP contribution < -0.4 is 0 Å². The second kappa shape index (κ2) is 8.08. The Labute approximate surface area is 158 Å². The van der Waals surface area contributed by atoms with Crippen molar-refractivity contribution in [2.75, 3.05) is 7.11 Å². The molecule has 1 aromatic carbocycles. The van der Waals surface area contributed by atoms with Gasteiger partial charge in [-0.15, -0.1) is 0 Å². The van der Waals surface area contributed by atoms with Crippen molar-refractivity contribution in [1.82, 2.24) is 0 Å². The number of ether oxygens (including phenoxy) is 2. The molecule has 1 aromatic rings. The third-order valence-electron chi connectivity index (χ3n) is 4.11. The van der Waals surface area contributed by atoms with Crippen molar-refractivity contribution in [3.8, 4) is 0 Å². The molecule has 0 saturated carbocycles. The average molecular weight is 376 g/mol. The standard InChI is InChI=1S/C20H24O5S/c1-19(2,3)25-17(22)10-7-12-20(13-11-16(21)24-4)14-8-5-6-9-15(14)26-18(20)23/h5-10H,11-13H2,1-4H3/b10-7+/t20-/m0/s1. The van der Waals surface area contributed by atoms with Crippen molar-refractivity contribution in [2.24, 2.45) is 0 Å². The van der Waals surface area contributed by atoms with Gasteiger partial charge in [0.05, 0.1) is 12.5 Å². The summed E-state index contributed by atoms with van der Waals surface area (Å²) in [7, 11) is 1.33. The molecule has 26 heavy (non-hydrogen) atoms. The molecule has 1 aliphatic heterocycles. The van der Waals surface area contributed by atoms with E-state index in [1.165, 1.54) is 24.9 Å².